The molecular weight excluding hydrogens is 368 g/mol. The van der Waals surface area contributed by atoms with Gasteiger partial charge < -0.3 is 15.5 Å². The molecule has 1 aromatic carbocycles. The predicted octanol–water partition coefficient (Wildman–Crippen LogP) is 1.92. The Bertz CT molecular complexity index is 682. The summed E-state index contributed by atoms with van der Waals surface area (Å²) in [6.45, 7) is 4.08. The number of guanidine groups is 1. The van der Waals surface area contributed by atoms with Crippen LogP contribution in [0.4, 0.5) is 5.95 Å². The molecule has 2 heterocycles. The van der Waals surface area contributed by atoms with Crippen LogP contribution in [0.25, 0.3) is 0 Å². The molecule has 0 saturated carbocycles. The molecule has 0 spiro atoms. The van der Waals surface area contributed by atoms with Crippen LogP contribution in [0.1, 0.15) is 5.56 Å². The molecule has 1 saturated heterocycles. The van der Waals surface area contributed by atoms with Gasteiger partial charge in [-0.1, -0.05) is 28.1 Å². The summed E-state index contributed by atoms with van der Waals surface area (Å²) >= 11 is 3.49. The molecule has 3 rings (SSSR count). The van der Waals surface area contributed by atoms with E-state index >= 15 is 0 Å². The molecule has 24 heavy (non-hydrogen) atoms. The predicted molar refractivity (Wildman–Crippen MR) is 100 cm³/mol. The highest BCUT2D eigenvalue weighted by atomic mass is 79.9. The van der Waals surface area contributed by atoms with E-state index in [0.717, 1.165) is 43.0 Å². The molecule has 1 aliphatic heterocycles. The zero-order valence-corrected chi connectivity index (χ0v) is 15.1. The molecule has 0 atom stereocenters. The van der Waals surface area contributed by atoms with E-state index in [0.29, 0.717) is 12.5 Å². The first-order valence-corrected chi connectivity index (χ1v) is 8.83. The number of aliphatic imine (C=N–C) groups is 1. The van der Waals surface area contributed by atoms with E-state index in [1.807, 2.05) is 18.2 Å². The Morgan fingerprint density at radius 1 is 1.12 bits per heavy atom. The Hall–Kier alpha value is -2.15. The van der Waals surface area contributed by atoms with Crippen LogP contribution in [0.2, 0.25) is 0 Å². The first-order valence-electron chi connectivity index (χ1n) is 8.03. The van der Waals surface area contributed by atoms with Crippen molar-refractivity contribution in [3.8, 4) is 0 Å². The van der Waals surface area contributed by atoms with Gasteiger partial charge in [0.25, 0.3) is 0 Å². The zero-order chi connectivity index (χ0) is 16.8. The van der Waals surface area contributed by atoms with Gasteiger partial charge in [0.2, 0.25) is 5.95 Å². The Morgan fingerprint density at radius 2 is 1.88 bits per heavy atom. The first kappa shape index (κ1) is 16.7. The number of aromatic nitrogens is 2. The Kier molecular flexibility index (Phi) is 5.63. The van der Waals surface area contributed by atoms with E-state index in [9.17, 15) is 0 Å². The van der Waals surface area contributed by atoms with Crippen molar-refractivity contribution in [1.29, 1.82) is 0 Å². The van der Waals surface area contributed by atoms with E-state index in [1.54, 1.807) is 12.4 Å². The third-order valence-electron chi connectivity index (χ3n) is 4.00. The quantitative estimate of drug-likeness (QED) is 0.639. The minimum atomic E-state index is 0.624. The topological polar surface area (TPSA) is 70.6 Å². The average molecular weight is 389 g/mol. The molecule has 0 amide bonds. The molecule has 1 aromatic heterocycles. The van der Waals surface area contributed by atoms with Crippen molar-refractivity contribution in [3.05, 3.63) is 52.8 Å². The highest BCUT2D eigenvalue weighted by Crippen LogP contribution is 2.12. The minimum Gasteiger partial charge on any atom is -0.370 e. The van der Waals surface area contributed by atoms with Gasteiger partial charge in [0.15, 0.2) is 5.96 Å². The first-order chi connectivity index (χ1) is 11.7. The van der Waals surface area contributed by atoms with Crippen LogP contribution in [-0.2, 0) is 6.42 Å². The van der Waals surface area contributed by atoms with Gasteiger partial charge >= 0.3 is 0 Å². The minimum absolute atomic E-state index is 0.624. The lowest BCUT2D eigenvalue weighted by atomic mass is 10.2. The summed E-state index contributed by atoms with van der Waals surface area (Å²) in [6.07, 6.45) is 4.43. The fourth-order valence-electron chi connectivity index (χ4n) is 2.68. The molecule has 1 fully saturated rings. The van der Waals surface area contributed by atoms with Gasteiger partial charge in [-0.15, -0.1) is 0 Å². The number of benzene rings is 1. The van der Waals surface area contributed by atoms with Crippen LogP contribution in [0.5, 0.6) is 0 Å². The molecule has 2 aromatic rings. The largest absolute Gasteiger partial charge is 0.370 e. The fourth-order valence-corrected chi connectivity index (χ4v) is 3.13. The number of rotatable bonds is 4. The standard InChI is InChI=1S/C17H21BrN6/c18-15-4-1-3-14(13-15)5-8-20-16(19)23-9-11-24(12-10-23)17-21-6-2-7-22-17/h1-4,6-7,13H,5,8-12H2,(H2,19,20). The summed E-state index contributed by atoms with van der Waals surface area (Å²) in [5.41, 5.74) is 7.40. The van der Waals surface area contributed by atoms with Crippen LogP contribution in [0, 0.1) is 0 Å². The van der Waals surface area contributed by atoms with Gasteiger partial charge in [0.05, 0.1) is 0 Å². The van der Waals surface area contributed by atoms with E-state index in [4.69, 9.17) is 5.73 Å². The SMILES string of the molecule is NC(=NCCc1cccc(Br)c1)N1CCN(c2ncccn2)CC1. The van der Waals surface area contributed by atoms with Crippen molar-refractivity contribution in [2.75, 3.05) is 37.6 Å². The van der Waals surface area contributed by atoms with E-state index in [-0.39, 0.29) is 0 Å². The smallest absolute Gasteiger partial charge is 0.225 e. The van der Waals surface area contributed by atoms with Crippen LogP contribution in [-0.4, -0.2) is 53.6 Å². The molecule has 1 aliphatic rings. The van der Waals surface area contributed by atoms with Crippen molar-refractivity contribution in [3.63, 3.8) is 0 Å². The fraction of sp³-hybridized carbons (Fsp3) is 0.353. The number of hydrogen-bond donors (Lipinski definition) is 1. The highest BCUT2D eigenvalue weighted by molar-refractivity contribution is 9.10. The second-order valence-corrected chi connectivity index (χ2v) is 6.56. The number of halogens is 1. The van der Waals surface area contributed by atoms with Crippen LogP contribution < -0.4 is 10.6 Å². The van der Waals surface area contributed by atoms with Gasteiger partial charge in [-0.3, -0.25) is 4.99 Å². The number of nitrogens with zero attached hydrogens (tertiary/aromatic N) is 5. The van der Waals surface area contributed by atoms with Crippen LogP contribution in [0.3, 0.4) is 0 Å². The monoisotopic (exact) mass is 388 g/mol. The maximum absolute atomic E-state index is 6.14. The lowest BCUT2D eigenvalue weighted by Gasteiger charge is -2.35. The molecule has 2 N–H and O–H groups in total. The summed E-state index contributed by atoms with van der Waals surface area (Å²) in [6, 6.07) is 10.1. The van der Waals surface area contributed by atoms with Gasteiger partial charge in [-0.25, -0.2) is 9.97 Å². The Labute approximate surface area is 150 Å². The third-order valence-corrected chi connectivity index (χ3v) is 4.50. The molecule has 7 heteroatoms. The van der Waals surface area contributed by atoms with Crippen LogP contribution >= 0.6 is 15.9 Å². The summed E-state index contributed by atoms with van der Waals surface area (Å²) in [4.78, 5) is 17.4. The molecule has 126 valence electrons. The lowest BCUT2D eigenvalue weighted by molar-refractivity contribution is 0.378. The lowest BCUT2D eigenvalue weighted by Crippen LogP contribution is -2.51. The van der Waals surface area contributed by atoms with Crippen molar-refractivity contribution >= 4 is 27.8 Å². The van der Waals surface area contributed by atoms with Gasteiger partial charge in [-0.2, -0.15) is 0 Å². The molecule has 0 radical (unpaired) electrons. The van der Waals surface area contributed by atoms with E-state index in [2.05, 4.69) is 52.8 Å². The van der Waals surface area contributed by atoms with Gasteiger partial charge in [-0.05, 0) is 30.2 Å². The summed E-state index contributed by atoms with van der Waals surface area (Å²) in [5, 5.41) is 0. The number of nitrogens with two attached hydrogens (primary N) is 1. The molecule has 0 bridgehead atoms. The van der Waals surface area contributed by atoms with Crippen molar-refractivity contribution in [2.24, 2.45) is 10.7 Å². The highest BCUT2D eigenvalue weighted by Gasteiger charge is 2.19. The average Bonchev–Trinajstić information content (AvgIpc) is 2.63. The Morgan fingerprint density at radius 3 is 2.58 bits per heavy atom. The van der Waals surface area contributed by atoms with Crippen molar-refractivity contribution in [1.82, 2.24) is 14.9 Å². The number of anilines is 1. The van der Waals surface area contributed by atoms with Crippen LogP contribution in [0.15, 0.2) is 52.2 Å². The number of hydrogen-bond acceptors (Lipinski definition) is 4. The Balaban J connectivity index is 1.48. The second-order valence-electron chi connectivity index (χ2n) is 5.64. The maximum atomic E-state index is 6.14. The van der Waals surface area contributed by atoms with Crippen molar-refractivity contribution in [2.45, 2.75) is 6.42 Å². The van der Waals surface area contributed by atoms with Gasteiger partial charge in [0.1, 0.15) is 0 Å². The third kappa shape index (κ3) is 4.44. The second kappa shape index (κ2) is 8.10. The maximum Gasteiger partial charge on any atom is 0.225 e. The van der Waals surface area contributed by atoms with Crippen molar-refractivity contribution < 1.29 is 0 Å². The summed E-state index contributed by atoms with van der Waals surface area (Å²) in [7, 11) is 0. The molecule has 0 unspecified atom stereocenters. The van der Waals surface area contributed by atoms with Gasteiger partial charge in [0, 0.05) is 49.6 Å². The normalized spacial score (nSPS) is 15.6. The number of piperazine rings is 1. The molecular formula is C17H21BrN6. The molecule has 6 nitrogen and oxygen atoms in total. The zero-order valence-electron chi connectivity index (χ0n) is 13.5. The molecule has 0 aliphatic carbocycles. The van der Waals surface area contributed by atoms with E-state index in [1.165, 1.54) is 5.56 Å². The summed E-state index contributed by atoms with van der Waals surface area (Å²) < 4.78 is 1.09. The van der Waals surface area contributed by atoms with E-state index < -0.39 is 0 Å². The summed E-state index contributed by atoms with van der Waals surface area (Å²) in [5.74, 6) is 1.40.